The fourth-order valence-corrected chi connectivity index (χ4v) is 3.84. The number of hydrogen-bond acceptors (Lipinski definition) is 7. The topological polar surface area (TPSA) is 89.7 Å². The van der Waals surface area contributed by atoms with Crippen LogP contribution in [0.2, 0.25) is 0 Å². The van der Waals surface area contributed by atoms with Crippen molar-refractivity contribution in [3.05, 3.63) is 53.9 Å². The molecule has 4 rings (SSSR count). The SMILES string of the molecule is COc1ccc(NC(=O)C2CCN(Cc3nc(-c4ccc(C)cc4)no3)CC2)cc1OC. The first-order valence-electron chi connectivity index (χ1n) is 10.7. The van der Waals surface area contributed by atoms with Crippen LogP contribution in [0.5, 0.6) is 11.5 Å². The van der Waals surface area contributed by atoms with Gasteiger partial charge in [0.1, 0.15) is 0 Å². The monoisotopic (exact) mass is 436 g/mol. The van der Waals surface area contributed by atoms with Gasteiger partial charge in [0.25, 0.3) is 0 Å². The molecule has 1 saturated heterocycles. The van der Waals surface area contributed by atoms with Gasteiger partial charge in [-0.1, -0.05) is 35.0 Å². The lowest BCUT2D eigenvalue weighted by Crippen LogP contribution is -2.37. The Morgan fingerprint density at radius 1 is 1.09 bits per heavy atom. The smallest absolute Gasteiger partial charge is 0.241 e. The number of rotatable bonds is 7. The molecule has 32 heavy (non-hydrogen) atoms. The normalized spacial score (nSPS) is 14.8. The van der Waals surface area contributed by atoms with Crippen LogP contribution in [-0.2, 0) is 11.3 Å². The quantitative estimate of drug-likeness (QED) is 0.600. The number of ether oxygens (including phenoxy) is 2. The van der Waals surface area contributed by atoms with Crippen LogP contribution in [0, 0.1) is 12.8 Å². The lowest BCUT2D eigenvalue weighted by atomic mass is 9.96. The fraction of sp³-hybridized carbons (Fsp3) is 0.375. The van der Waals surface area contributed by atoms with Crippen LogP contribution in [0.4, 0.5) is 5.69 Å². The van der Waals surface area contributed by atoms with Crippen molar-refractivity contribution >= 4 is 11.6 Å². The number of carbonyl (C=O) groups is 1. The maximum Gasteiger partial charge on any atom is 0.241 e. The molecular weight excluding hydrogens is 408 g/mol. The number of aromatic nitrogens is 2. The molecular formula is C24H28N4O4. The first kappa shape index (κ1) is 21.8. The highest BCUT2D eigenvalue weighted by molar-refractivity contribution is 5.93. The van der Waals surface area contributed by atoms with Crippen molar-refractivity contribution in [2.75, 3.05) is 32.6 Å². The van der Waals surface area contributed by atoms with Gasteiger partial charge in [0.15, 0.2) is 11.5 Å². The first-order valence-corrected chi connectivity index (χ1v) is 10.7. The summed E-state index contributed by atoms with van der Waals surface area (Å²) in [6.45, 7) is 4.23. The number of carbonyl (C=O) groups excluding carboxylic acids is 1. The van der Waals surface area contributed by atoms with E-state index < -0.39 is 0 Å². The summed E-state index contributed by atoms with van der Waals surface area (Å²) in [4.78, 5) is 19.5. The van der Waals surface area contributed by atoms with Crippen LogP contribution < -0.4 is 14.8 Å². The molecule has 0 aliphatic carbocycles. The molecule has 1 N–H and O–H groups in total. The molecule has 1 fully saturated rings. The summed E-state index contributed by atoms with van der Waals surface area (Å²) in [7, 11) is 3.16. The predicted molar refractivity (Wildman–Crippen MR) is 121 cm³/mol. The average molecular weight is 437 g/mol. The van der Waals surface area contributed by atoms with Crippen molar-refractivity contribution in [3.63, 3.8) is 0 Å². The molecule has 0 spiro atoms. The first-order chi connectivity index (χ1) is 15.6. The Kier molecular flexibility index (Phi) is 6.70. The second-order valence-electron chi connectivity index (χ2n) is 7.99. The maximum atomic E-state index is 12.7. The zero-order chi connectivity index (χ0) is 22.5. The molecule has 0 atom stereocenters. The molecule has 0 saturated carbocycles. The number of piperidine rings is 1. The van der Waals surface area contributed by atoms with Gasteiger partial charge in [-0.3, -0.25) is 9.69 Å². The van der Waals surface area contributed by atoms with Crippen LogP contribution in [0.3, 0.4) is 0 Å². The third kappa shape index (κ3) is 5.08. The summed E-state index contributed by atoms with van der Waals surface area (Å²) in [6, 6.07) is 13.4. The predicted octanol–water partition coefficient (Wildman–Crippen LogP) is 3.91. The lowest BCUT2D eigenvalue weighted by molar-refractivity contribution is -0.121. The third-order valence-electron chi connectivity index (χ3n) is 5.75. The van der Waals surface area contributed by atoms with Crippen LogP contribution in [-0.4, -0.2) is 48.3 Å². The van der Waals surface area contributed by atoms with Gasteiger partial charge in [0, 0.05) is 23.2 Å². The van der Waals surface area contributed by atoms with Crippen molar-refractivity contribution in [3.8, 4) is 22.9 Å². The molecule has 0 unspecified atom stereocenters. The summed E-state index contributed by atoms with van der Waals surface area (Å²) in [5.41, 5.74) is 2.83. The molecule has 1 aliphatic heterocycles. The van der Waals surface area contributed by atoms with E-state index in [1.54, 1.807) is 26.4 Å². The van der Waals surface area contributed by atoms with Gasteiger partial charge in [-0.25, -0.2) is 0 Å². The summed E-state index contributed by atoms with van der Waals surface area (Å²) < 4.78 is 16.0. The highest BCUT2D eigenvalue weighted by atomic mass is 16.5. The maximum absolute atomic E-state index is 12.7. The molecule has 1 aliphatic rings. The molecule has 0 bridgehead atoms. The van der Waals surface area contributed by atoms with Crippen LogP contribution in [0.25, 0.3) is 11.4 Å². The Morgan fingerprint density at radius 2 is 1.81 bits per heavy atom. The van der Waals surface area contributed by atoms with Crippen LogP contribution in [0.1, 0.15) is 24.3 Å². The Labute approximate surface area is 187 Å². The summed E-state index contributed by atoms with van der Waals surface area (Å²) in [6.07, 6.45) is 1.55. The highest BCUT2D eigenvalue weighted by Crippen LogP contribution is 2.30. The Bertz CT molecular complexity index is 1060. The zero-order valence-electron chi connectivity index (χ0n) is 18.6. The van der Waals surface area contributed by atoms with Crippen molar-refractivity contribution in [1.82, 2.24) is 15.0 Å². The van der Waals surface area contributed by atoms with Gasteiger partial charge in [-0.05, 0) is 45.0 Å². The summed E-state index contributed by atoms with van der Waals surface area (Å²) >= 11 is 0. The van der Waals surface area contributed by atoms with Crippen LogP contribution >= 0.6 is 0 Å². The standard InChI is InChI=1S/C24H28N4O4/c1-16-4-6-17(7-5-16)23-26-22(32-27-23)15-28-12-10-18(11-13-28)24(29)25-19-8-9-20(30-2)21(14-19)31-3/h4-9,14,18H,10-13,15H2,1-3H3,(H,25,29). The van der Waals surface area contributed by atoms with Gasteiger partial charge in [-0.2, -0.15) is 4.98 Å². The number of nitrogens with zero attached hydrogens (tertiary/aromatic N) is 3. The third-order valence-corrected chi connectivity index (χ3v) is 5.75. The van der Waals surface area contributed by atoms with Gasteiger partial charge in [-0.15, -0.1) is 0 Å². The number of aryl methyl sites for hydroxylation is 1. The fourth-order valence-electron chi connectivity index (χ4n) is 3.84. The molecule has 2 heterocycles. The number of methoxy groups -OCH3 is 2. The van der Waals surface area contributed by atoms with Crippen molar-refractivity contribution in [2.24, 2.45) is 5.92 Å². The van der Waals surface area contributed by atoms with Crippen molar-refractivity contribution in [1.29, 1.82) is 0 Å². The van der Waals surface area contributed by atoms with Crippen molar-refractivity contribution in [2.45, 2.75) is 26.3 Å². The van der Waals surface area contributed by atoms with E-state index in [0.717, 1.165) is 31.5 Å². The molecule has 1 amide bonds. The lowest BCUT2D eigenvalue weighted by Gasteiger charge is -2.30. The van der Waals surface area contributed by atoms with Crippen molar-refractivity contribution < 1.29 is 18.8 Å². The largest absolute Gasteiger partial charge is 0.493 e. The molecule has 2 aromatic carbocycles. The van der Waals surface area contributed by atoms with Gasteiger partial charge in [0.05, 0.1) is 20.8 Å². The van der Waals surface area contributed by atoms with E-state index >= 15 is 0 Å². The minimum atomic E-state index is -0.0369. The molecule has 0 radical (unpaired) electrons. The minimum absolute atomic E-state index is 0.0244. The zero-order valence-corrected chi connectivity index (χ0v) is 18.6. The average Bonchev–Trinajstić information content (AvgIpc) is 3.28. The van der Waals surface area contributed by atoms with E-state index in [9.17, 15) is 4.79 Å². The second-order valence-corrected chi connectivity index (χ2v) is 7.99. The van der Waals surface area contributed by atoms with E-state index in [0.29, 0.717) is 35.4 Å². The molecule has 3 aromatic rings. The van der Waals surface area contributed by atoms with E-state index in [1.807, 2.05) is 37.3 Å². The van der Waals surface area contributed by atoms with E-state index in [1.165, 1.54) is 5.56 Å². The van der Waals surface area contributed by atoms with E-state index in [4.69, 9.17) is 14.0 Å². The minimum Gasteiger partial charge on any atom is -0.493 e. The Hall–Kier alpha value is -3.39. The second kappa shape index (κ2) is 9.82. The van der Waals surface area contributed by atoms with Gasteiger partial charge >= 0.3 is 0 Å². The number of likely N-dealkylation sites (tertiary alicyclic amines) is 1. The molecule has 168 valence electrons. The number of nitrogens with one attached hydrogen (secondary N) is 1. The summed E-state index contributed by atoms with van der Waals surface area (Å²) in [5.74, 6) is 2.40. The van der Waals surface area contributed by atoms with Gasteiger partial charge in [0.2, 0.25) is 17.6 Å². The Balaban J connectivity index is 1.29. The number of hydrogen-bond donors (Lipinski definition) is 1. The van der Waals surface area contributed by atoms with E-state index in [2.05, 4.69) is 20.4 Å². The van der Waals surface area contributed by atoms with Gasteiger partial charge < -0.3 is 19.3 Å². The molecule has 1 aromatic heterocycles. The highest BCUT2D eigenvalue weighted by Gasteiger charge is 2.26. The number of benzene rings is 2. The number of anilines is 1. The van der Waals surface area contributed by atoms with E-state index in [-0.39, 0.29) is 11.8 Å². The Morgan fingerprint density at radius 3 is 2.50 bits per heavy atom. The summed E-state index contributed by atoms with van der Waals surface area (Å²) in [5, 5.41) is 7.10. The molecule has 8 nitrogen and oxygen atoms in total. The van der Waals surface area contributed by atoms with Crippen LogP contribution in [0.15, 0.2) is 47.0 Å². The molecule has 8 heteroatoms. The number of amides is 1.